The lowest BCUT2D eigenvalue weighted by atomic mass is 9.92. The van der Waals surface area contributed by atoms with Gasteiger partial charge >= 0.3 is 0 Å². The highest BCUT2D eigenvalue weighted by atomic mass is 79.9. The Balaban J connectivity index is 4.15. The van der Waals surface area contributed by atoms with Gasteiger partial charge in [0.25, 0.3) is 0 Å². The van der Waals surface area contributed by atoms with Gasteiger partial charge in [-0.3, -0.25) is 9.59 Å². The highest BCUT2D eigenvalue weighted by Crippen LogP contribution is 2.14. The zero-order valence-corrected chi connectivity index (χ0v) is 11.3. The molecule has 0 aliphatic heterocycles. The number of halogens is 1. The molecule has 0 saturated carbocycles. The summed E-state index contributed by atoms with van der Waals surface area (Å²) in [6.07, 6.45) is 0.728. The molecule has 0 radical (unpaired) electrons. The van der Waals surface area contributed by atoms with E-state index in [1.165, 1.54) is 0 Å². The van der Waals surface area contributed by atoms with Crippen LogP contribution in [0, 0.1) is 5.41 Å². The zero-order valence-electron chi connectivity index (χ0n) is 9.69. The lowest BCUT2D eigenvalue weighted by Gasteiger charge is -2.23. The average molecular weight is 279 g/mol. The number of rotatable bonds is 5. The summed E-state index contributed by atoms with van der Waals surface area (Å²) < 4.78 is 0. The van der Waals surface area contributed by atoms with Gasteiger partial charge in [0.05, 0.1) is 10.2 Å². The van der Waals surface area contributed by atoms with E-state index in [0.29, 0.717) is 6.54 Å². The van der Waals surface area contributed by atoms with Gasteiger partial charge in [0, 0.05) is 13.6 Å². The SMILES string of the molecule is CCC(Br)C(=O)NCC(C)(C)C(=O)NC. The van der Waals surface area contributed by atoms with E-state index in [9.17, 15) is 9.59 Å². The second-order valence-corrected chi connectivity index (χ2v) is 5.16. The Kier molecular flexibility index (Phi) is 5.87. The lowest BCUT2D eigenvalue weighted by Crippen LogP contribution is -2.45. The number of hydrogen-bond acceptors (Lipinski definition) is 2. The molecule has 0 aromatic rings. The summed E-state index contributed by atoms with van der Waals surface area (Å²) in [7, 11) is 1.59. The predicted octanol–water partition coefficient (Wildman–Crippen LogP) is 1.05. The van der Waals surface area contributed by atoms with E-state index in [2.05, 4.69) is 26.6 Å². The van der Waals surface area contributed by atoms with E-state index in [1.807, 2.05) is 6.92 Å². The zero-order chi connectivity index (χ0) is 12.1. The maximum Gasteiger partial charge on any atom is 0.233 e. The molecule has 0 aliphatic carbocycles. The van der Waals surface area contributed by atoms with Crippen LogP contribution in [0.5, 0.6) is 0 Å². The standard InChI is InChI=1S/C10H19BrN2O2/c1-5-7(11)8(14)13-6-10(2,3)9(15)12-4/h7H,5-6H2,1-4H3,(H,12,15)(H,13,14). The second-order valence-electron chi connectivity index (χ2n) is 4.06. The van der Waals surface area contributed by atoms with Gasteiger partial charge in [-0.1, -0.05) is 22.9 Å². The number of carbonyl (C=O) groups excluding carboxylic acids is 2. The predicted molar refractivity (Wildman–Crippen MR) is 63.9 cm³/mol. The third kappa shape index (κ3) is 4.64. The second kappa shape index (κ2) is 6.10. The molecular formula is C10H19BrN2O2. The Morgan fingerprint density at radius 2 is 1.93 bits per heavy atom. The molecule has 5 heteroatoms. The van der Waals surface area contributed by atoms with Crippen LogP contribution in [0.3, 0.4) is 0 Å². The lowest BCUT2D eigenvalue weighted by molar-refractivity contribution is -0.129. The Labute approximate surface area is 99.3 Å². The van der Waals surface area contributed by atoms with E-state index in [0.717, 1.165) is 6.42 Å². The minimum atomic E-state index is -0.579. The highest BCUT2D eigenvalue weighted by molar-refractivity contribution is 9.10. The van der Waals surface area contributed by atoms with Gasteiger partial charge in [-0.15, -0.1) is 0 Å². The van der Waals surface area contributed by atoms with Crippen molar-refractivity contribution in [3.05, 3.63) is 0 Å². The summed E-state index contributed by atoms with van der Waals surface area (Å²) in [5.74, 6) is -0.153. The Hall–Kier alpha value is -0.580. The maximum atomic E-state index is 11.4. The molecular weight excluding hydrogens is 260 g/mol. The van der Waals surface area contributed by atoms with Gasteiger partial charge in [0.15, 0.2) is 0 Å². The van der Waals surface area contributed by atoms with Crippen LogP contribution >= 0.6 is 15.9 Å². The van der Waals surface area contributed by atoms with Crippen molar-refractivity contribution in [2.24, 2.45) is 5.41 Å². The molecule has 88 valence electrons. The van der Waals surface area contributed by atoms with E-state index < -0.39 is 5.41 Å². The van der Waals surface area contributed by atoms with Crippen molar-refractivity contribution in [2.45, 2.75) is 32.0 Å². The summed E-state index contributed by atoms with van der Waals surface area (Å²) in [5.41, 5.74) is -0.579. The van der Waals surface area contributed by atoms with Crippen molar-refractivity contribution in [3.63, 3.8) is 0 Å². The van der Waals surface area contributed by atoms with Crippen LogP contribution in [0.4, 0.5) is 0 Å². The van der Waals surface area contributed by atoms with Crippen molar-refractivity contribution < 1.29 is 9.59 Å². The van der Waals surface area contributed by atoms with Gasteiger partial charge < -0.3 is 10.6 Å². The van der Waals surface area contributed by atoms with Gasteiger partial charge in [0.1, 0.15) is 0 Å². The molecule has 0 aliphatic rings. The fourth-order valence-corrected chi connectivity index (χ4v) is 1.18. The molecule has 1 unspecified atom stereocenters. The smallest absolute Gasteiger partial charge is 0.233 e. The van der Waals surface area contributed by atoms with Crippen LogP contribution in [-0.4, -0.2) is 30.2 Å². The van der Waals surface area contributed by atoms with Crippen molar-refractivity contribution in [2.75, 3.05) is 13.6 Å². The largest absolute Gasteiger partial charge is 0.359 e. The van der Waals surface area contributed by atoms with Gasteiger partial charge in [0.2, 0.25) is 11.8 Å². The molecule has 0 aromatic heterocycles. The molecule has 0 saturated heterocycles. The molecule has 15 heavy (non-hydrogen) atoms. The summed E-state index contributed by atoms with van der Waals surface area (Å²) in [6.45, 7) is 5.85. The number of amides is 2. The Morgan fingerprint density at radius 3 is 2.33 bits per heavy atom. The minimum absolute atomic E-state index is 0.0746. The maximum absolute atomic E-state index is 11.4. The molecule has 0 heterocycles. The quantitative estimate of drug-likeness (QED) is 0.739. The molecule has 0 aromatic carbocycles. The molecule has 0 rings (SSSR count). The van der Waals surface area contributed by atoms with E-state index in [4.69, 9.17) is 0 Å². The van der Waals surface area contributed by atoms with Crippen LogP contribution in [0.2, 0.25) is 0 Å². The first-order valence-corrected chi connectivity index (χ1v) is 5.90. The molecule has 2 N–H and O–H groups in total. The first kappa shape index (κ1) is 14.4. The number of hydrogen-bond donors (Lipinski definition) is 2. The first-order valence-electron chi connectivity index (χ1n) is 4.99. The monoisotopic (exact) mass is 278 g/mol. The van der Waals surface area contributed by atoms with Crippen molar-refractivity contribution >= 4 is 27.7 Å². The highest BCUT2D eigenvalue weighted by Gasteiger charge is 2.27. The van der Waals surface area contributed by atoms with Crippen LogP contribution in [0.15, 0.2) is 0 Å². The first-order chi connectivity index (χ1) is 6.85. The van der Waals surface area contributed by atoms with Gasteiger partial charge in [-0.25, -0.2) is 0 Å². The third-order valence-corrected chi connectivity index (χ3v) is 3.25. The summed E-state index contributed by atoms with van der Waals surface area (Å²) in [5, 5.41) is 5.31. The molecule has 0 spiro atoms. The number of nitrogens with one attached hydrogen (secondary N) is 2. The van der Waals surface area contributed by atoms with Crippen molar-refractivity contribution in [1.82, 2.24) is 10.6 Å². The topological polar surface area (TPSA) is 58.2 Å². The van der Waals surface area contributed by atoms with Gasteiger partial charge in [-0.05, 0) is 20.3 Å². The summed E-state index contributed by atoms with van der Waals surface area (Å²) in [4.78, 5) is 22.7. The van der Waals surface area contributed by atoms with E-state index >= 15 is 0 Å². The number of alkyl halides is 1. The van der Waals surface area contributed by atoms with Crippen molar-refractivity contribution in [3.8, 4) is 0 Å². The fraction of sp³-hybridized carbons (Fsp3) is 0.800. The third-order valence-electron chi connectivity index (χ3n) is 2.19. The van der Waals surface area contributed by atoms with Crippen LogP contribution < -0.4 is 10.6 Å². The van der Waals surface area contributed by atoms with E-state index in [1.54, 1.807) is 20.9 Å². The minimum Gasteiger partial charge on any atom is -0.359 e. The van der Waals surface area contributed by atoms with Gasteiger partial charge in [-0.2, -0.15) is 0 Å². The Bertz CT molecular complexity index is 242. The van der Waals surface area contributed by atoms with E-state index in [-0.39, 0.29) is 16.6 Å². The molecule has 2 amide bonds. The normalized spacial score (nSPS) is 13.1. The van der Waals surface area contributed by atoms with Crippen molar-refractivity contribution in [1.29, 1.82) is 0 Å². The number of carbonyl (C=O) groups is 2. The summed E-state index contributed by atoms with van der Waals surface area (Å²) >= 11 is 3.25. The summed E-state index contributed by atoms with van der Waals surface area (Å²) in [6, 6.07) is 0. The van der Waals surface area contributed by atoms with Crippen LogP contribution in [0.1, 0.15) is 27.2 Å². The molecule has 0 fully saturated rings. The van der Waals surface area contributed by atoms with Crippen LogP contribution in [-0.2, 0) is 9.59 Å². The molecule has 1 atom stereocenters. The molecule has 4 nitrogen and oxygen atoms in total. The fourth-order valence-electron chi connectivity index (χ4n) is 1.02. The Morgan fingerprint density at radius 1 is 1.40 bits per heavy atom. The average Bonchev–Trinajstić information content (AvgIpc) is 2.23. The molecule has 0 bridgehead atoms. The van der Waals surface area contributed by atoms with Crippen LogP contribution in [0.25, 0.3) is 0 Å².